The molecule has 2 heterocycles. The summed E-state index contributed by atoms with van der Waals surface area (Å²) in [6.07, 6.45) is 0.526. The van der Waals surface area contributed by atoms with Crippen LogP contribution in [-0.2, 0) is 6.42 Å². The minimum Gasteiger partial charge on any atom is -0.493 e. The highest BCUT2D eigenvalue weighted by atomic mass is 16.5. The first kappa shape index (κ1) is 25.2. The van der Waals surface area contributed by atoms with E-state index in [1.54, 1.807) is 56.6 Å². The molecule has 8 nitrogen and oxygen atoms in total. The number of methoxy groups -OCH3 is 3. The van der Waals surface area contributed by atoms with E-state index < -0.39 is 6.04 Å². The van der Waals surface area contributed by atoms with Crippen LogP contribution in [0.4, 0.5) is 0 Å². The number of rotatable bonds is 9. The van der Waals surface area contributed by atoms with Crippen molar-refractivity contribution < 1.29 is 28.2 Å². The topological polar surface area (TPSA) is 87.4 Å². The minimum atomic E-state index is -0.650. The number of carbonyl (C=O) groups excluding carboxylic acids is 1. The van der Waals surface area contributed by atoms with Crippen molar-refractivity contribution in [2.75, 3.05) is 34.5 Å². The highest BCUT2D eigenvalue weighted by Crippen LogP contribution is 2.41. The van der Waals surface area contributed by atoms with E-state index in [-0.39, 0.29) is 17.1 Å². The van der Waals surface area contributed by atoms with Gasteiger partial charge in [0.25, 0.3) is 5.91 Å². The normalized spacial score (nSPS) is 14.5. The number of amides is 1. The zero-order valence-electron chi connectivity index (χ0n) is 21.8. The predicted molar refractivity (Wildman–Crippen MR) is 143 cm³/mol. The maximum Gasteiger partial charge on any atom is 0.290 e. The van der Waals surface area contributed by atoms with Crippen LogP contribution in [0.3, 0.4) is 0 Å². The fourth-order valence-corrected chi connectivity index (χ4v) is 4.96. The van der Waals surface area contributed by atoms with Gasteiger partial charge in [0.05, 0.1) is 44.9 Å². The number of para-hydroxylation sites is 1. The van der Waals surface area contributed by atoms with Crippen LogP contribution >= 0.6 is 0 Å². The SMILES string of the molecule is CCOc1ccc(C2c3c(oc4ccccc4c3=O)C(=O)N2CCc2ccc(OC)c(OC)c2)cc1OC. The molecule has 1 aromatic heterocycles. The van der Waals surface area contributed by atoms with Crippen molar-refractivity contribution >= 4 is 16.9 Å². The number of benzene rings is 3. The van der Waals surface area contributed by atoms with Crippen LogP contribution < -0.4 is 24.4 Å². The summed E-state index contributed by atoms with van der Waals surface area (Å²) < 4.78 is 28.1. The predicted octanol–water partition coefficient (Wildman–Crippen LogP) is 5.01. The fraction of sp³-hybridized carbons (Fsp3) is 0.267. The third kappa shape index (κ3) is 4.32. The molecule has 0 N–H and O–H groups in total. The molecule has 1 aliphatic heterocycles. The lowest BCUT2D eigenvalue weighted by molar-refractivity contribution is 0.0730. The summed E-state index contributed by atoms with van der Waals surface area (Å²) in [5.74, 6) is 2.08. The Labute approximate surface area is 220 Å². The molecule has 0 bridgehead atoms. The van der Waals surface area contributed by atoms with Crippen molar-refractivity contribution in [2.45, 2.75) is 19.4 Å². The van der Waals surface area contributed by atoms with E-state index in [4.69, 9.17) is 23.4 Å². The van der Waals surface area contributed by atoms with Crippen LogP contribution in [0, 0.1) is 0 Å². The monoisotopic (exact) mass is 515 g/mol. The molecule has 1 unspecified atom stereocenters. The maximum atomic E-state index is 13.7. The van der Waals surface area contributed by atoms with Gasteiger partial charge in [-0.2, -0.15) is 0 Å². The Bertz CT molecular complexity index is 1560. The first-order valence-corrected chi connectivity index (χ1v) is 12.4. The number of ether oxygens (including phenoxy) is 4. The van der Waals surface area contributed by atoms with E-state index in [0.717, 1.165) is 11.1 Å². The maximum absolute atomic E-state index is 13.7. The molecule has 5 rings (SSSR count). The van der Waals surface area contributed by atoms with Gasteiger partial charge in [-0.05, 0) is 60.9 Å². The summed E-state index contributed by atoms with van der Waals surface area (Å²) in [6, 6.07) is 17.5. The number of nitrogens with zero attached hydrogens (tertiary/aromatic N) is 1. The van der Waals surface area contributed by atoms with Crippen LogP contribution in [0.25, 0.3) is 11.0 Å². The van der Waals surface area contributed by atoms with E-state index in [9.17, 15) is 9.59 Å². The molecule has 0 saturated carbocycles. The third-order valence-electron chi connectivity index (χ3n) is 6.77. The van der Waals surface area contributed by atoms with E-state index in [0.29, 0.717) is 59.1 Å². The Hall–Kier alpha value is -4.46. The smallest absolute Gasteiger partial charge is 0.290 e. The number of carbonyl (C=O) groups is 1. The molecule has 1 aliphatic rings. The van der Waals surface area contributed by atoms with Gasteiger partial charge in [-0.15, -0.1) is 0 Å². The van der Waals surface area contributed by atoms with Gasteiger partial charge in [0.1, 0.15) is 5.58 Å². The van der Waals surface area contributed by atoms with E-state index >= 15 is 0 Å². The van der Waals surface area contributed by atoms with Gasteiger partial charge in [-0.1, -0.05) is 24.3 Å². The second kappa shape index (κ2) is 10.5. The average Bonchev–Trinajstić information content (AvgIpc) is 3.23. The van der Waals surface area contributed by atoms with Crippen molar-refractivity contribution in [3.63, 3.8) is 0 Å². The highest BCUT2D eigenvalue weighted by Gasteiger charge is 2.42. The molecule has 0 saturated heterocycles. The van der Waals surface area contributed by atoms with Gasteiger partial charge < -0.3 is 28.3 Å². The van der Waals surface area contributed by atoms with Gasteiger partial charge in [0.15, 0.2) is 28.4 Å². The summed E-state index contributed by atoms with van der Waals surface area (Å²) in [5.41, 5.74) is 2.18. The molecule has 38 heavy (non-hydrogen) atoms. The standard InChI is InChI=1S/C30H29NO7/c1-5-37-23-13-11-19(17-25(23)36-4)27-26-28(32)20-8-6-7-9-21(20)38-29(26)30(33)31(27)15-14-18-10-12-22(34-2)24(16-18)35-3/h6-13,16-17,27H,5,14-15H2,1-4H3. The molecule has 196 valence electrons. The summed E-state index contributed by atoms with van der Waals surface area (Å²) in [5, 5.41) is 0.434. The average molecular weight is 516 g/mol. The molecular formula is C30H29NO7. The summed E-state index contributed by atoms with van der Waals surface area (Å²) in [4.78, 5) is 29.1. The minimum absolute atomic E-state index is 0.0684. The number of hydrogen-bond acceptors (Lipinski definition) is 7. The first-order chi connectivity index (χ1) is 18.5. The second-order valence-corrected chi connectivity index (χ2v) is 8.85. The van der Waals surface area contributed by atoms with Crippen molar-refractivity contribution in [3.05, 3.63) is 93.3 Å². The molecule has 0 spiro atoms. The quantitative estimate of drug-likeness (QED) is 0.310. The van der Waals surface area contributed by atoms with E-state index in [1.807, 2.05) is 37.3 Å². The van der Waals surface area contributed by atoms with Crippen molar-refractivity contribution in [1.82, 2.24) is 4.90 Å². The van der Waals surface area contributed by atoms with Crippen LogP contribution in [0.1, 0.15) is 40.2 Å². The summed E-state index contributed by atoms with van der Waals surface area (Å²) in [6.45, 7) is 2.72. The van der Waals surface area contributed by atoms with Gasteiger partial charge >= 0.3 is 0 Å². The van der Waals surface area contributed by atoms with Gasteiger partial charge in [-0.25, -0.2) is 0 Å². The van der Waals surface area contributed by atoms with Gasteiger partial charge in [0, 0.05) is 6.54 Å². The molecule has 1 atom stereocenters. The van der Waals surface area contributed by atoms with Crippen LogP contribution in [-0.4, -0.2) is 45.3 Å². The second-order valence-electron chi connectivity index (χ2n) is 8.85. The Morgan fingerprint density at radius 1 is 0.842 bits per heavy atom. The summed E-state index contributed by atoms with van der Waals surface area (Å²) in [7, 11) is 4.73. The van der Waals surface area contributed by atoms with E-state index in [1.165, 1.54) is 0 Å². The summed E-state index contributed by atoms with van der Waals surface area (Å²) >= 11 is 0. The molecule has 0 fully saturated rings. The lowest BCUT2D eigenvalue weighted by atomic mass is 9.97. The largest absolute Gasteiger partial charge is 0.493 e. The number of fused-ring (bicyclic) bond motifs is 2. The van der Waals surface area contributed by atoms with Crippen LogP contribution in [0.5, 0.6) is 23.0 Å². The Balaban J connectivity index is 1.60. The lowest BCUT2D eigenvalue weighted by Crippen LogP contribution is -2.31. The molecular weight excluding hydrogens is 486 g/mol. The van der Waals surface area contributed by atoms with Crippen molar-refractivity contribution in [1.29, 1.82) is 0 Å². The third-order valence-corrected chi connectivity index (χ3v) is 6.77. The molecule has 0 aliphatic carbocycles. The molecule has 8 heteroatoms. The lowest BCUT2D eigenvalue weighted by Gasteiger charge is -2.26. The molecule has 0 radical (unpaired) electrons. The molecule has 3 aromatic carbocycles. The Morgan fingerprint density at radius 2 is 1.55 bits per heavy atom. The molecule has 1 amide bonds. The zero-order valence-corrected chi connectivity index (χ0v) is 21.8. The van der Waals surface area contributed by atoms with Gasteiger partial charge in [-0.3, -0.25) is 9.59 Å². The zero-order chi connectivity index (χ0) is 26.8. The Morgan fingerprint density at radius 3 is 2.29 bits per heavy atom. The fourth-order valence-electron chi connectivity index (χ4n) is 4.96. The highest BCUT2D eigenvalue weighted by molar-refractivity contribution is 5.99. The van der Waals surface area contributed by atoms with Crippen molar-refractivity contribution in [3.8, 4) is 23.0 Å². The van der Waals surface area contributed by atoms with Crippen LogP contribution in [0.15, 0.2) is 69.9 Å². The van der Waals surface area contributed by atoms with E-state index in [2.05, 4.69) is 0 Å². The van der Waals surface area contributed by atoms with Crippen molar-refractivity contribution in [2.24, 2.45) is 0 Å². The number of hydrogen-bond donors (Lipinski definition) is 0. The first-order valence-electron chi connectivity index (χ1n) is 12.4. The van der Waals surface area contributed by atoms with Crippen LogP contribution in [0.2, 0.25) is 0 Å². The Kier molecular flexibility index (Phi) is 6.96. The van der Waals surface area contributed by atoms with Gasteiger partial charge in [0.2, 0.25) is 5.76 Å². The molecule has 4 aromatic rings.